The Morgan fingerprint density at radius 2 is 2.05 bits per heavy atom. The third-order valence-corrected chi connectivity index (χ3v) is 4.23. The second-order valence-electron chi connectivity index (χ2n) is 5.48. The number of hydrogen-bond donors (Lipinski definition) is 2. The van der Waals surface area contributed by atoms with Crippen molar-refractivity contribution in [2.75, 3.05) is 5.73 Å². The van der Waals surface area contributed by atoms with Crippen LogP contribution in [0.1, 0.15) is 42.1 Å². The molecule has 0 saturated carbocycles. The summed E-state index contributed by atoms with van der Waals surface area (Å²) in [6.45, 7) is 2.16. The predicted molar refractivity (Wildman–Crippen MR) is 90.2 cm³/mol. The van der Waals surface area contributed by atoms with Gasteiger partial charge < -0.3 is 11.1 Å². The first-order valence-electron chi connectivity index (χ1n) is 7.21. The second-order valence-corrected chi connectivity index (χ2v) is 5.92. The molecule has 2 unspecified atom stereocenters. The van der Waals surface area contributed by atoms with Gasteiger partial charge in [-0.2, -0.15) is 0 Å². The van der Waals surface area contributed by atoms with E-state index in [4.69, 9.17) is 17.3 Å². The molecule has 2 aromatic carbocycles. The maximum absolute atomic E-state index is 6.18. The predicted octanol–water partition coefficient (Wildman–Crippen LogP) is 4.73. The number of anilines is 1. The quantitative estimate of drug-likeness (QED) is 0.804. The molecule has 21 heavy (non-hydrogen) atoms. The van der Waals surface area contributed by atoms with Gasteiger partial charge in [-0.15, -0.1) is 0 Å². The molecule has 0 heterocycles. The molecule has 0 saturated heterocycles. The molecule has 108 valence electrons. The number of halogens is 1. The van der Waals surface area contributed by atoms with E-state index >= 15 is 0 Å². The van der Waals surface area contributed by atoms with Crippen LogP contribution in [0.4, 0.5) is 5.69 Å². The summed E-state index contributed by atoms with van der Waals surface area (Å²) in [7, 11) is 0. The molecule has 1 aliphatic rings. The molecule has 0 fully saturated rings. The highest BCUT2D eigenvalue weighted by Gasteiger charge is 2.21. The minimum atomic E-state index is 0.215. The number of nitrogen functional groups attached to an aromatic ring is 1. The SMILES string of the molecule is CC(NC1CC=Cc2cccc(N)c21)c1cccc(Cl)c1. The van der Waals surface area contributed by atoms with Gasteiger partial charge in [0, 0.05) is 22.8 Å². The molecule has 0 radical (unpaired) electrons. The van der Waals surface area contributed by atoms with Crippen LogP contribution in [0.15, 0.2) is 48.5 Å². The number of benzene rings is 2. The van der Waals surface area contributed by atoms with Gasteiger partial charge in [-0.1, -0.05) is 48.0 Å². The Balaban J connectivity index is 1.85. The van der Waals surface area contributed by atoms with E-state index in [0.29, 0.717) is 0 Å². The zero-order valence-electron chi connectivity index (χ0n) is 12.0. The molecule has 0 spiro atoms. The number of nitrogens with two attached hydrogens (primary N) is 1. The molecule has 3 heteroatoms. The Bertz CT molecular complexity index is 679. The van der Waals surface area contributed by atoms with E-state index in [2.05, 4.69) is 36.5 Å². The van der Waals surface area contributed by atoms with Crippen LogP contribution in [0.2, 0.25) is 5.02 Å². The van der Waals surface area contributed by atoms with E-state index in [9.17, 15) is 0 Å². The van der Waals surface area contributed by atoms with Crippen molar-refractivity contribution in [3.05, 3.63) is 70.3 Å². The van der Waals surface area contributed by atoms with Crippen LogP contribution in [0, 0.1) is 0 Å². The van der Waals surface area contributed by atoms with Gasteiger partial charge in [0.1, 0.15) is 0 Å². The van der Waals surface area contributed by atoms with Crippen LogP contribution in [0.3, 0.4) is 0 Å². The van der Waals surface area contributed by atoms with Crippen LogP contribution < -0.4 is 11.1 Å². The van der Waals surface area contributed by atoms with Crippen molar-refractivity contribution in [2.45, 2.75) is 25.4 Å². The summed E-state index contributed by atoms with van der Waals surface area (Å²) in [4.78, 5) is 0. The smallest absolute Gasteiger partial charge is 0.0409 e. The Labute approximate surface area is 130 Å². The zero-order valence-corrected chi connectivity index (χ0v) is 12.8. The monoisotopic (exact) mass is 298 g/mol. The molecule has 0 aromatic heterocycles. The number of nitrogens with one attached hydrogen (secondary N) is 1. The van der Waals surface area contributed by atoms with Gasteiger partial charge in [-0.25, -0.2) is 0 Å². The lowest BCUT2D eigenvalue weighted by Crippen LogP contribution is -2.26. The topological polar surface area (TPSA) is 38.0 Å². The Hall–Kier alpha value is -1.77. The van der Waals surface area contributed by atoms with E-state index in [0.717, 1.165) is 17.1 Å². The normalized spacial score (nSPS) is 18.3. The molecule has 0 bridgehead atoms. The minimum Gasteiger partial charge on any atom is -0.398 e. The summed E-state index contributed by atoms with van der Waals surface area (Å²) >= 11 is 6.08. The molecule has 1 aliphatic carbocycles. The molecular weight excluding hydrogens is 280 g/mol. The van der Waals surface area contributed by atoms with Crippen LogP contribution in [0.25, 0.3) is 6.08 Å². The highest BCUT2D eigenvalue weighted by atomic mass is 35.5. The molecule has 0 aliphatic heterocycles. The lowest BCUT2D eigenvalue weighted by molar-refractivity contribution is 0.468. The fourth-order valence-corrected chi connectivity index (χ4v) is 3.12. The Morgan fingerprint density at radius 3 is 2.86 bits per heavy atom. The van der Waals surface area contributed by atoms with Crippen molar-refractivity contribution in [2.24, 2.45) is 0 Å². The first kappa shape index (κ1) is 14.2. The highest BCUT2D eigenvalue weighted by Crippen LogP contribution is 2.34. The Morgan fingerprint density at radius 1 is 1.24 bits per heavy atom. The van der Waals surface area contributed by atoms with Crippen molar-refractivity contribution < 1.29 is 0 Å². The van der Waals surface area contributed by atoms with Gasteiger partial charge in [0.15, 0.2) is 0 Å². The first-order valence-corrected chi connectivity index (χ1v) is 7.59. The van der Waals surface area contributed by atoms with E-state index < -0.39 is 0 Å². The van der Waals surface area contributed by atoms with E-state index in [1.165, 1.54) is 16.7 Å². The average molecular weight is 299 g/mol. The van der Waals surface area contributed by atoms with Gasteiger partial charge in [0.25, 0.3) is 0 Å². The van der Waals surface area contributed by atoms with Gasteiger partial charge >= 0.3 is 0 Å². The van der Waals surface area contributed by atoms with E-state index in [1.54, 1.807) is 0 Å². The molecular formula is C18H19ClN2. The molecule has 2 aromatic rings. The fraction of sp³-hybridized carbons (Fsp3) is 0.222. The van der Waals surface area contributed by atoms with E-state index in [-0.39, 0.29) is 12.1 Å². The number of hydrogen-bond acceptors (Lipinski definition) is 2. The third kappa shape index (κ3) is 2.97. The Kier molecular flexibility index (Phi) is 4.00. The van der Waals surface area contributed by atoms with Crippen LogP contribution in [-0.4, -0.2) is 0 Å². The lowest BCUT2D eigenvalue weighted by Gasteiger charge is -2.28. The van der Waals surface area contributed by atoms with Gasteiger partial charge in [-0.3, -0.25) is 0 Å². The summed E-state index contributed by atoms with van der Waals surface area (Å²) in [5.41, 5.74) is 10.6. The summed E-state index contributed by atoms with van der Waals surface area (Å²) < 4.78 is 0. The van der Waals surface area contributed by atoms with Crippen molar-refractivity contribution >= 4 is 23.4 Å². The third-order valence-electron chi connectivity index (χ3n) is 3.99. The van der Waals surface area contributed by atoms with Crippen molar-refractivity contribution in [3.63, 3.8) is 0 Å². The first-order chi connectivity index (χ1) is 10.1. The van der Waals surface area contributed by atoms with Crippen molar-refractivity contribution in [3.8, 4) is 0 Å². The van der Waals surface area contributed by atoms with Gasteiger partial charge in [-0.05, 0) is 48.2 Å². The molecule has 0 amide bonds. The molecule has 2 atom stereocenters. The van der Waals surface area contributed by atoms with Crippen molar-refractivity contribution in [1.29, 1.82) is 0 Å². The molecule has 3 rings (SSSR count). The minimum absolute atomic E-state index is 0.215. The van der Waals surface area contributed by atoms with Crippen LogP contribution >= 0.6 is 11.6 Å². The molecule has 2 nitrogen and oxygen atoms in total. The fourth-order valence-electron chi connectivity index (χ4n) is 2.92. The summed E-state index contributed by atoms with van der Waals surface area (Å²) in [5, 5.41) is 4.44. The summed E-state index contributed by atoms with van der Waals surface area (Å²) in [6, 6.07) is 14.5. The van der Waals surface area contributed by atoms with Gasteiger partial charge in [0.05, 0.1) is 0 Å². The number of fused-ring (bicyclic) bond motifs is 1. The van der Waals surface area contributed by atoms with E-state index in [1.807, 2.05) is 30.3 Å². The maximum atomic E-state index is 6.18. The van der Waals surface area contributed by atoms with Crippen molar-refractivity contribution in [1.82, 2.24) is 5.32 Å². The molecule has 3 N–H and O–H groups in total. The largest absolute Gasteiger partial charge is 0.398 e. The summed E-state index contributed by atoms with van der Waals surface area (Å²) in [5.74, 6) is 0. The average Bonchev–Trinajstić information content (AvgIpc) is 2.47. The highest BCUT2D eigenvalue weighted by molar-refractivity contribution is 6.30. The van der Waals surface area contributed by atoms with Gasteiger partial charge in [0.2, 0.25) is 0 Å². The zero-order chi connectivity index (χ0) is 14.8. The van der Waals surface area contributed by atoms with Crippen LogP contribution in [-0.2, 0) is 0 Å². The number of rotatable bonds is 3. The van der Waals surface area contributed by atoms with Crippen LogP contribution in [0.5, 0.6) is 0 Å². The summed E-state index contributed by atoms with van der Waals surface area (Å²) in [6.07, 6.45) is 5.30. The second kappa shape index (κ2) is 5.92. The maximum Gasteiger partial charge on any atom is 0.0409 e. The standard InChI is InChI=1S/C18H19ClN2/c1-12(14-7-2-8-15(19)11-14)21-17-10-4-6-13-5-3-9-16(20)18(13)17/h2-9,11-12,17,21H,10,20H2,1H3. The lowest BCUT2D eigenvalue weighted by atomic mass is 9.90.